The van der Waals surface area contributed by atoms with E-state index in [-0.39, 0.29) is 12.3 Å². The molecule has 150 valence electrons. The normalized spacial score (nSPS) is 11.6. The smallest absolute Gasteiger partial charge is 0.306 e. The number of anilines is 1. The topological polar surface area (TPSA) is 64.6 Å². The highest BCUT2D eigenvalue weighted by Gasteiger charge is 2.19. The minimum absolute atomic E-state index is 0.200. The lowest BCUT2D eigenvalue weighted by Crippen LogP contribution is -2.30. The van der Waals surface area contributed by atoms with Gasteiger partial charge in [0.2, 0.25) is 0 Å². The van der Waals surface area contributed by atoms with Crippen LogP contribution in [-0.2, 0) is 14.3 Å². The van der Waals surface area contributed by atoms with Gasteiger partial charge in [-0.05, 0) is 69.9 Å². The van der Waals surface area contributed by atoms with Gasteiger partial charge < -0.3 is 14.8 Å². The third-order valence-corrected chi connectivity index (χ3v) is 4.39. The summed E-state index contributed by atoms with van der Waals surface area (Å²) in [4.78, 5) is 24.4. The van der Waals surface area contributed by atoms with Crippen LogP contribution in [0.2, 0.25) is 0 Å². The lowest BCUT2D eigenvalue weighted by molar-refractivity contribution is -0.153. The SMILES string of the molecule is Cc1cccc(OCCCC(=O)OC(C)C(=O)Nc2c(C)cc(C)cc2C)c1. The van der Waals surface area contributed by atoms with Gasteiger partial charge in [-0.15, -0.1) is 0 Å². The molecule has 1 atom stereocenters. The Morgan fingerprint density at radius 1 is 1.00 bits per heavy atom. The van der Waals surface area contributed by atoms with E-state index < -0.39 is 12.1 Å². The molecular formula is C23H29NO4. The Kier molecular flexibility index (Phi) is 7.61. The summed E-state index contributed by atoms with van der Waals surface area (Å²) in [5.74, 6) is 0.0391. The van der Waals surface area contributed by atoms with Crippen molar-refractivity contribution in [1.82, 2.24) is 0 Å². The molecule has 0 radical (unpaired) electrons. The molecule has 0 spiro atoms. The van der Waals surface area contributed by atoms with Gasteiger partial charge in [-0.2, -0.15) is 0 Å². The predicted octanol–water partition coefficient (Wildman–Crippen LogP) is 4.65. The number of benzene rings is 2. The molecule has 1 amide bonds. The van der Waals surface area contributed by atoms with Crippen LogP contribution in [0.25, 0.3) is 0 Å². The third kappa shape index (κ3) is 6.41. The third-order valence-electron chi connectivity index (χ3n) is 4.39. The van der Waals surface area contributed by atoms with E-state index in [1.165, 1.54) is 0 Å². The van der Waals surface area contributed by atoms with E-state index in [4.69, 9.17) is 9.47 Å². The summed E-state index contributed by atoms with van der Waals surface area (Å²) in [6, 6.07) is 11.8. The maximum Gasteiger partial charge on any atom is 0.306 e. The van der Waals surface area contributed by atoms with Gasteiger partial charge in [-0.3, -0.25) is 9.59 Å². The molecule has 0 heterocycles. The maximum absolute atomic E-state index is 12.4. The highest BCUT2D eigenvalue weighted by molar-refractivity contribution is 5.96. The molecule has 2 aromatic carbocycles. The monoisotopic (exact) mass is 383 g/mol. The van der Waals surface area contributed by atoms with Crippen molar-refractivity contribution in [2.45, 2.75) is 53.6 Å². The molecule has 0 aliphatic heterocycles. The highest BCUT2D eigenvalue weighted by atomic mass is 16.5. The van der Waals surface area contributed by atoms with E-state index >= 15 is 0 Å². The number of esters is 1. The Balaban J connectivity index is 1.76. The molecule has 0 aliphatic rings. The molecule has 0 fully saturated rings. The van der Waals surface area contributed by atoms with Crippen molar-refractivity contribution in [2.75, 3.05) is 11.9 Å². The first-order valence-corrected chi connectivity index (χ1v) is 9.54. The molecule has 0 saturated carbocycles. The molecule has 5 heteroatoms. The predicted molar refractivity (Wildman–Crippen MR) is 111 cm³/mol. The quantitative estimate of drug-likeness (QED) is 0.532. The zero-order chi connectivity index (χ0) is 20.7. The number of carbonyl (C=O) groups is 2. The van der Waals surface area contributed by atoms with Crippen LogP contribution in [0.1, 0.15) is 42.0 Å². The summed E-state index contributed by atoms with van der Waals surface area (Å²) in [6.07, 6.45) is -0.131. The Morgan fingerprint density at radius 3 is 2.32 bits per heavy atom. The number of ether oxygens (including phenoxy) is 2. The van der Waals surface area contributed by atoms with Crippen molar-refractivity contribution in [2.24, 2.45) is 0 Å². The Morgan fingerprint density at radius 2 is 1.68 bits per heavy atom. The first-order valence-electron chi connectivity index (χ1n) is 9.54. The number of hydrogen-bond acceptors (Lipinski definition) is 4. The van der Waals surface area contributed by atoms with Crippen LogP contribution in [0.3, 0.4) is 0 Å². The van der Waals surface area contributed by atoms with Crippen molar-refractivity contribution >= 4 is 17.6 Å². The number of carbonyl (C=O) groups excluding carboxylic acids is 2. The fourth-order valence-corrected chi connectivity index (χ4v) is 3.02. The molecule has 28 heavy (non-hydrogen) atoms. The van der Waals surface area contributed by atoms with E-state index in [0.717, 1.165) is 33.7 Å². The molecular weight excluding hydrogens is 354 g/mol. The Bertz CT molecular complexity index is 821. The van der Waals surface area contributed by atoms with Gasteiger partial charge in [0.1, 0.15) is 5.75 Å². The summed E-state index contributed by atoms with van der Waals surface area (Å²) in [6.45, 7) is 9.90. The van der Waals surface area contributed by atoms with E-state index in [2.05, 4.69) is 5.32 Å². The fraction of sp³-hybridized carbons (Fsp3) is 0.391. The van der Waals surface area contributed by atoms with Crippen LogP contribution in [0, 0.1) is 27.7 Å². The number of rotatable bonds is 8. The van der Waals surface area contributed by atoms with Crippen molar-refractivity contribution in [3.63, 3.8) is 0 Å². The molecule has 2 aromatic rings. The van der Waals surface area contributed by atoms with Gasteiger partial charge in [0.25, 0.3) is 5.91 Å². The molecule has 5 nitrogen and oxygen atoms in total. The maximum atomic E-state index is 12.4. The second-order valence-electron chi connectivity index (χ2n) is 7.16. The number of amides is 1. The number of aryl methyl sites for hydroxylation is 4. The average molecular weight is 383 g/mol. The van der Waals surface area contributed by atoms with Crippen LogP contribution in [0.5, 0.6) is 5.75 Å². The van der Waals surface area contributed by atoms with Crippen molar-refractivity contribution in [3.05, 3.63) is 58.7 Å². The first kappa shape index (κ1) is 21.5. The highest BCUT2D eigenvalue weighted by Crippen LogP contribution is 2.22. The van der Waals surface area contributed by atoms with Gasteiger partial charge in [0.15, 0.2) is 6.10 Å². The lowest BCUT2D eigenvalue weighted by atomic mass is 10.0. The summed E-state index contributed by atoms with van der Waals surface area (Å²) < 4.78 is 10.9. The zero-order valence-corrected chi connectivity index (χ0v) is 17.3. The molecule has 0 saturated heterocycles. The molecule has 2 rings (SSSR count). The standard InChI is InChI=1S/C23H29NO4/c1-15-8-6-9-20(14-15)27-11-7-10-21(25)28-19(5)23(26)24-22-17(3)12-16(2)13-18(22)4/h6,8-9,12-14,19H,7,10-11H2,1-5H3,(H,24,26). The minimum Gasteiger partial charge on any atom is -0.494 e. The minimum atomic E-state index is -0.856. The summed E-state index contributed by atoms with van der Waals surface area (Å²) in [5.41, 5.74) is 5.00. The Labute approximate surface area is 167 Å². The summed E-state index contributed by atoms with van der Waals surface area (Å²) in [7, 11) is 0. The van der Waals surface area contributed by atoms with Gasteiger partial charge in [-0.1, -0.05) is 29.8 Å². The van der Waals surface area contributed by atoms with E-state index in [0.29, 0.717) is 13.0 Å². The molecule has 1 N–H and O–H groups in total. The van der Waals surface area contributed by atoms with Crippen LogP contribution in [0.15, 0.2) is 36.4 Å². The van der Waals surface area contributed by atoms with Gasteiger partial charge in [-0.25, -0.2) is 0 Å². The van der Waals surface area contributed by atoms with E-state index in [1.54, 1.807) is 6.92 Å². The van der Waals surface area contributed by atoms with Gasteiger partial charge in [0, 0.05) is 12.1 Å². The van der Waals surface area contributed by atoms with Crippen molar-refractivity contribution in [3.8, 4) is 5.75 Å². The summed E-state index contributed by atoms with van der Waals surface area (Å²) in [5, 5.41) is 2.86. The Hall–Kier alpha value is -2.82. The van der Waals surface area contributed by atoms with E-state index in [9.17, 15) is 9.59 Å². The van der Waals surface area contributed by atoms with Crippen LogP contribution in [0.4, 0.5) is 5.69 Å². The van der Waals surface area contributed by atoms with Crippen LogP contribution in [-0.4, -0.2) is 24.6 Å². The molecule has 0 aromatic heterocycles. The van der Waals surface area contributed by atoms with Crippen LogP contribution < -0.4 is 10.1 Å². The first-order chi connectivity index (χ1) is 13.3. The molecule has 0 aliphatic carbocycles. The largest absolute Gasteiger partial charge is 0.494 e. The molecule has 0 bridgehead atoms. The lowest BCUT2D eigenvalue weighted by Gasteiger charge is -2.17. The fourth-order valence-electron chi connectivity index (χ4n) is 3.02. The average Bonchev–Trinajstić information content (AvgIpc) is 2.61. The van der Waals surface area contributed by atoms with Crippen molar-refractivity contribution < 1.29 is 19.1 Å². The van der Waals surface area contributed by atoms with Gasteiger partial charge >= 0.3 is 5.97 Å². The summed E-state index contributed by atoms with van der Waals surface area (Å²) >= 11 is 0. The second-order valence-corrected chi connectivity index (χ2v) is 7.16. The van der Waals surface area contributed by atoms with Gasteiger partial charge in [0.05, 0.1) is 6.61 Å². The second kappa shape index (κ2) is 9.93. The van der Waals surface area contributed by atoms with E-state index in [1.807, 2.05) is 64.1 Å². The van der Waals surface area contributed by atoms with Crippen LogP contribution >= 0.6 is 0 Å². The number of nitrogens with one attached hydrogen (secondary N) is 1. The zero-order valence-electron chi connectivity index (χ0n) is 17.3. The molecule has 1 unspecified atom stereocenters. The van der Waals surface area contributed by atoms with Crippen molar-refractivity contribution in [1.29, 1.82) is 0 Å². The number of hydrogen-bond donors (Lipinski definition) is 1.